The molecule has 1 aromatic carbocycles. The highest BCUT2D eigenvalue weighted by Gasteiger charge is 2.21. The van der Waals surface area contributed by atoms with Gasteiger partial charge in [-0.2, -0.15) is 0 Å². The van der Waals surface area contributed by atoms with Crippen LogP contribution in [0.25, 0.3) is 0 Å². The fourth-order valence-corrected chi connectivity index (χ4v) is 1.72. The molecule has 1 atom stereocenters. The second kappa shape index (κ2) is 4.66. The van der Waals surface area contributed by atoms with Crippen LogP contribution in [0.2, 0.25) is 0 Å². The van der Waals surface area contributed by atoms with E-state index in [4.69, 9.17) is 5.11 Å². The number of benzene rings is 1. The summed E-state index contributed by atoms with van der Waals surface area (Å²) in [6.45, 7) is 3.11. The van der Waals surface area contributed by atoms with Crippen LogP contribution in [0.1, 0.15) is 41.7 Å². The van der Waals surface area contributed by atoms with Crippen molar-refractivity contribution in [2.75, 3.05) is 6.54 Å². The summed E-state index contributed by atoms with van der Waals surface area (Å²) in [4.78, 5) is 10.8. The molecule has 0 aromatic heterocycles. The second-order valence-corrected chi connectivity index (χ2v) is 4.50. The molecule has 86 valence electrons. The Morgan fingerprint density at radius 2 is 2.31 bits per heavy atom. The first-order valence-electron chi connectivity index (χ1n) is 5.73. The fraction of sp³-hybridized carbons (Fsp3) is 0.462. The predicted octanol–water partition coefficient (Wildman–Crippen LogP) is 2.45. The van der Waals surface area contributed by atoms with Gasteiger partial charge in [-0.1, -0.05) is 12.1 Å². The van der Waals surface area contributed by atoms with Crippen molar-refractivity contribution in [1.29, 1.82) is 0 Å². The summed E-state index contributed by atoms with van der Waals surface area (Å²) >= 11 is 0. The third-order valence-electron chi connectivity index (χ3n) is 3.04. The van der Waals surface area contributed by atoms with E-state index in [0.29, 0.717) is 5.56 Å². The number of nitrogens with one attached hydrogen (secondary N) is 1. The van der Waals surface area contributed by atoms with Crippen molar-refractivity contribution in [1.82, 2.24) is 5.32 Å². The van der Waals surface area contributed by atoms with Gasteiger partial charge < -0.3 is 10.4 Å². The highest BCUT2D eigenvalue weighted by Crippen LogP contribution is 2.28. The molecule has 0 spiro atoms. The van der Waals surface area contributed by atoms with Crippen molar-refractivity contribution < 1.29 is 9.90 Å². The SMILES string of the molecule is CC(NCC1CC1)c1cccc(C(=O)O)c1. The maximum Gasteiger partial charge on any atom is 0.335 e. The molecule has 2 N–H and O–H groups in total. The van der Waals surface area contributed by atoms with E-state index in [1.807, 2.05) is 6.07 Å². The zero-order valence-corrected chi connectivity index (χ0v) is 9.44. The molecular formula is C13H17NO2. The summed E-state index contributed by atoms with van der Waals surface area (Å²) in [7, 11) is 0. The van der Waals surface area contributed by atoms with Gasteiger partial charge in [0.2, 0.25) is 0 Å². The summed E-state index contributed by atoms with van der Waals surface area (Å²) in [5.74, 6) is -0.0265. The summed E-state index contributed by atoms with van der Waals surface area (Å²) in [5.41, 5.74) is 1.40. The number of carboxylic acid groups (broad SMARTS) is 1. The van der Waals surface area contributed by atoms with E-state index in [9.17, 15) is 4.79 Å². The molecule has 0 bridgehead atoms. The molecule has 1 unspecified atom stereocenters. The molecule has 1 saturated carbocycles. The Labute approximate surface area is 95.5 Å². The van der Waals surface area contributed by atoms with Gasteiger partial charge in [-0.3, -0.25) is 0 Å². The minimum Gasteiger partial charge on any atom is -0.478 e. The van der Waals surface area contributed by atoms with Gasteiger partial charge in [0, 0.05) is 6.04 Å². The summed E-state index contributed by atoms with van der Waals surface area (Å²) in [5, 5.41) is 12.3. The lowest BCUT2D eigenvalue weighted by atomic mass is 10.1. The summed E-state index contributed by atoms with van der Waals surface area (Å²) < 4.78 is 0. The molecule has 3 nitrogen and oxygen atoms in total. The van der Waals surface area contributed by atoms with Crippen molar-refractivity contribution in [2.24, 2.45) is 5.92 Å². The van der Waals surface area contributed by atoms with Crippen molar-refractivity contribution in [3.8, 4) is 0 Å². The molecule has 1 aliphatic carbocycles. The molecule has 2 rings (SSSR count). The molecule has 0 heterocycles. The zero-order chi connectivity index (χ0) is 11.5. The number of carbonyl (C=O) groups is 1. The monoisotopic (exact) mass is 219 g/mol. The molecule has 0 radical (unpaired) electrons. The maximum atomic E-state index is 10.8. The molecular weight excluding hydrogens is 202 g/mol. The Hall–Kier alpha value is -1.35. The van der Waals surface area contributed by atoms with E-state index >= 15 is 0 Å². The van der Waals surface area contributed by atoms with Crippen molar-refractivity contribution in [3.05, 3.63) is 35.4 Å². The van der Waals surface area contributed by atoms with Crippen molar-refractivity contribution >= 4 is 5.97 Å². The van der Waals surface area contributed by atoms with E-state index in [-0.39, 0.29) is 6.04 Å². The Bertz CT molecular complexity index is 385. The Morgan fingerprint density at radius 3 is 2.94 bits per heavy atom. The molecule has 1 aliphatic rings. The van der Waals surface area contributed by atoms with Gasteiger partial charge in [-0.25, -0.2) is 4.79 Å². The van der Waals surface area contributed by atoms with E-state index in [1.54, 1.807) is 18.2 Å². The molecule has 0 aliphatic heterocycles. The van der Waals surface area contributed by atoms with Gasteiger partial charge >= 0.3 is 5.97 Å². The average molecular weight is 219 g/mol. The highest BCUT2D eigenvalue weighted by molar-refractivity contribution is 5.87. The van der Waals surface area contributed by atoms with E-state index in [0.717, 1.165) is 18.0 Å². The van der Waals surface area contributed by atoms with Crippen LogP contribution in [0.5, 0.6) is 0 Å². The van der Waals surface area contributed by atoms with Gasteiger partial charge in [0.25, 0.3) is 0 Å². The van der Waals surface area contributed by atoms with E-state index in [2.05, 4.69) is 12.2 Å². The predicted molar refractivity (Wildman–Crippen MR) is 62.5 cm³/mol. The highest BCUT2D eigenvalue weighted by atomic mass is 16.4. The van der Waals surface area contributed by atoms with Crippen LogP contribution in [0.4, 0.5) is 0 Å². The summed E-state index contributed by atoms with van der Waals surface area (Å²) in [6.07, 6.45) is 2.66. The van der Waals surface area contributed by atoms with Crippen LogP contribution in [-0.2, 0) is 0 Å². The minimum atomic E-state index is -0.865. The second-order valence-electron chi connectivity index (χ2n) is 4.50. The Kier molecular flexibility index (Phi) is 3.25. The van der Waals surface area contributed by atoms with Gasteiger partial charge in [0.05, 0.1) is 5.56 Å². The van der Waals surface area contributed by atoms with Crippen LogP contribution in [0.15, 0.2) is 24.3 Å². The number of hydrogen-bond acceptors (Lipinski definition) is 2. The largest absolute Gasteiger partial charge is 0.478 e. The van der Waals surface area contributed by atoms with Crippen LogP contribution in [-0.4, -0.2) is 17.6 Å². The fourth-order valence-electron chi connectivity index (χ4n) is 1.72. The van der Waals surface area contributed by atoms with Gasteiger partial charge in [0.15, 0.2) is 0 Å². The third-order valence-corrected chi connectivity index (χ3v) is 3.04. The van der Waals surface area contributed by atoms with E-state index < -0.39 is 5.97 Å². The van der Waals surface area contributed by atoms with E-state index in [1.165, 1.54) is 12.8 Å². The van der Waals surface area contributed by atoms with Gasteiger partial charge in [-0.05, 0) is 49.9 Å². The van der Waals surface area contributed by atoms with Crippen LogP contribution in [0.3, 0.4) is 0 Å². The maximum absolute atomic E-state index is 10.8. The van der Waals surface area contributed by atoms with Gasteiger partial charge in [-0.15, -0.1) is 0 Å². The lowest BCUT2D eigenvalue weighted by molar-refractivity contribution is 0.0696. The molecule has 16 heavy (non-hydrogen) atoms. The average Bonchev–Trinajstić information content (AvgIpc) is 3.10. The van der Waals surface area contributed by atoms with Crippen molar-refractivity contribution in [3.63, 3.8) is 0 Å². The number of aromatic carboxylic acids is 1. The number of hydrogen-bond donors (Lipinski definition) is 2. The molecule has 1 fully saturated rings. The lowest BCUT2D eigenvalue weighted by Gasteiger charge is -2.14. The third kappa shape index (κ3) is 2.83. The number of rotatable bonds is 5. The molecule has 0 saturated heterocycles. The molecule has 0 amide bonds. The smallest absolute Gasteiger partial charge is 0.335 e. The number of carboxylic acids is 1. The Morgan fingerprint density at radius 1 is 1.56 bits per heavy atom. The zero-order valence-electron chi connectivity index (χ0n) is 9.44. The summed E-state index contributed by atoms with van der Waals surface area (Å²) in [6, 6.07) is 7.36. The van der Waals surface area contributed by atoms with Crippen LogP contribution in [0, 0.1) is 5.92 Å². The Balaban J connectivity index is 2.00. The first-order chi connectivity index (χ1) is 7.66. The minimum absolute atomic E-state index is 0.222. The lowest BCUT2D eigenvalue weighted by Crippen LogP contribution is -2.21. The van der Waals surface area contributed by atoms with Crippen molar-refractivity contribution in [2.45, 2.75) is 25.8 Å². The van der Waals surface area contributed by atoms with Gasteiger partial charge in [0.1, 0.15) is 0 Å². The standard InChI is InChI=1S/C13H17NO2/c1-9(14-8-10-5-6-10)11-3-2-4-12(7-11)13(15)16/h2-4,7,9-10,14H,5-6,8H2,1H3,(H,15,16). The van der Waals surface area contributed by atoms with Crippen LogP contribution < -0.4 is 5.32 Å². The quantitative estimate of drug-likeness (QED) is 0.799. The normalized spacial score (nSPS) is 17.1. The first-order valence-corrected chi connectivity index (χ1v) is 5.73. The van der Waals surface area contributed by atoms with Crippen LogP contribution >= 0.6 is 0 Å². The molecule has 3 heteroatoms. The molecule has 1 aromatic rings. The first kappa shape index (κ1) is 11.1. The topological polar surface area (TPSA) is 49.3 Å².